The minimum absolute atomic E-state index is 0.817. The summed E-state index contributed by atoms with van der Waals surface area (Å²) in [7, 11) is 0. The fraction of sp³-hybridized carbons (Fsp3) is 0.583. The molecule has 1 aliphatic carbocycles. The van der Waals surface area contributed by atoms with Crippen LogP contribution < -0.4 is 5.32 Å². The number of nitrogens with zero attached hydrogens (tertiary/aromatic N) is 1. The molecule has 0 bridgehead atoms. The molecule has 82 valence electrons. The van der Waals surface area contributed by atoms with Gasteiger partial charge < -0.3 is 5.32 Å². The molecule has 1 N–H and O–H groups in total. The van der Waals surface area contributed by atoms with E-state index in [1.54, 1.807) is 0 Å². The van der Waals surface area contributed by atoms with Gasteiger partial charge in [0.05, 0.1) is 5.69 Å². The molecule has 0 radical (unpaired) electrons. The second-order valence-corrected chi connectivity index (χ2v) is 5.21. The number of pyridine rings is 1. The van der Waals surface area contributed by atoms with Crippen LogP contribution in [-0.2, 0) is 6.54 Å². The maximum atomic E-state index is 4.38. The van der Waals surface area contributed by atoms with Crippen molar-refractivity contribution < 1.29 is 0 Å². The number of rotatable bonds is 5. The normalized spacial score (nSPS) is 17.7. The van der Waals surface area contributed by atoms with E-state index in [1.165, 1.54) is 12.8 Å². The van der Waals surface area contributed by atoms with Gasteiger partial charge in [0.2, 0.25) is 0 Å². The van der Waals surface area contributed by atoms with Crippen LogP contribution in [0.3, 0.4) is 0 Å². The van der Waals surface area contributed by atoms with Crippen LogP contribution in [0.15, 0.2) is 22.8 Å². The van der Waals surface area contributed by atoms with Crippen LogP contribution in [0.4, 0.5) is 0 Å². The lowest BCUT2D eigenvalue weighted by Crippen LogP contribution is -2.22. The summed E-state index contributed by atoms with van der Waals surface area (Å²) in [5.41, 5.74) is 1.10. The van der Waals surface area contributed by atoms with Crippen molar-refractivity contribution in [3.63, 3.8) is 0 Å². The summed E-state index contributed by atoms with van der Waals surface area (Å²) in [5.74, 6) is 1.80. The molecule has 0 aliphatic heterocycles. The molecule has 2 rings (SSSR count). The van der Waals surface area contributed by atoms with Gasteiger partial charge in [-0.15, -0.1) is 0 Å². The third-order valence-electron chi connectivity index (χ3n) is 2.97. The first-order valence-corrected chi connectivity index (χ1v) is 6.37. The van der Waals surface area contributed by atoms with E-state index in [9.17, 15) is 0 Å². The van der Waals surface area contributed by atoms with Crippen LogP contribution in [0.2, 0.25) is 0 Å². The highest BCUT2D eigenvalue weighted by Crippen LogP contribution is 2.36. The Morgan fingerprint density at radius 1 is 1.53 bits per heavy atom. The second-order valence-electron chi connectivity index (χ2n) is 4.40. The average molecular weight is 269 g/mol. The lowest BCUT2D eigenvalue weighted by molar-refractivity contribution is 0.460. The van der Waals surface area contributed by atoms with Gasteiger partial charge in [-0.05, 0) is 59.3 Å². The summed E-state index contributed by atoms with van der Waals surface area (Å²) in [4.78, 5) is 4.38. The number of nitrogens with one attached hydrogen (secondary N) is 1. The molecule has 0 spiro atoms. The van der Waals surface area contributed by atoms with Crippen molar-refractivity contribution in [3.05, 3.63) is 28.5 Å². The molecular formula is C12H17BrN2. The van der Waals surface area contributed by atoms with E-state index in [4.69, 9.17) is 0 Å². The molecule has 2 nitrogen and oxygen atoms in total. The predicted molar refractivity (Wildman–Crippen MR) is 65.5 cm³/mol. The molecule has 1 atom stereocenters. The van der Waals surface area contributed by atoms with Gasteiger partial charge in [0.15, 0.2) is 0 Å². The standard InChI is InChI=1S/C12H17BrN2/c1-9(10-5-6-10)7-14-8-11-3-2-4-12(13)15-11/h2-4,9-10,14H,5-8H2,1H3. The van der Waals surface area contributed by atoms with Crippen LogP contribution in [0.25, 0.3) is 0 Å². The molecule has 0 aromatic carbocycles. The molecule has 1 aliphatic rings. The SMILES string of the molecule is CC(CNCc1cccc(Br)n1)C1CC1. The van der Waals surface area contributed by atoms with Gasteiger partial charge >= 0.3 is 0 Å². The second kappa shape index (κ2) is 5.08. The van der Waals surface area contributed by atoms with Gasteiger partial charge in [-0.2, -0.15) is 0 Å². The molecule has 1 saturated carbocycles. The molecule has 1 heterocycles. The Balaban J connectivity index is 1.73. The number of hydrogen-bond acceptors (Lipinski definition) is 2. The van der Waals surface area contributed by atoms with E-state index in [-0.39, 0.29) is 0 Å². The highest BCUT2D eigenvalue weighted by Gasteiger charge is 2.27. The van der Waals surface area contributed by atoms with Crippen LogP contribution in [-0.4, -0.2) is 11.5 Å². The quantitative estimate of drug-likeness (QED) is 0.831. The Labute approximate surface area is 99.6 Å². The van der Waals surface area contributed by atoms with E-state index < -0.39 is 0 Å². The monoisotopic (exact) mass is 268 g/mol. The van der Waals surface area contributed by atoms with Crippen LogP contribution in [0.5, 0.6) is 0 Å². The lowest BCUT2D eigenvalue weighted by atomic mass is 10.1. The van der Waals surface area contributed by atoms with Crippen molar-refractivity contribution in [3.8, 4) is 0 Å². The first-order chi connectivity index (χ1) is 7.25. The van der Waals surface area contributed by atoms with Gasteiger partial charge in [-0.25, -0.2) is 4.98 Å². The summed E-state index contributed by atoms with van der Waals surface area (Å²) < 4.78 is 0.914. The minimum Gasteiger partial charge on any atom is -0.311 e. The zero-order chi connectivity index (χ0) is 10.7. The predicted octanol–water partition coefficient (Wildman–Crippen LogP) is 2.98. The maximum Gasteiger partial charge on any atom is 0.106 e. The van der Waals surface area contributed by atoms with Gasteiger partial charge in [0.1, 0.15) is 4.60 Å². The topological polar surface area (TPSA) is 24.9 Å². The number of hydrogen-bond donors (Lipinski definition) is 1. The Morgan fingerprint density at radius 3 is 3.00 bits per heavy atom. The van der Waals surface area contributed by atoms with Crippen molar-refractivity contribution in [2.75, 3.05) is 6.54 Å². The highest BCUT2D eigenvalue weighted by molar-refractivity contribution is 9.10. The Kier molecular flexibility index (Phi) is 3.76. The van der Waals surface area contributed by atoms with Crippen molar-refractivity contribution in [2.24, 2.45) is 11.8 Å². The van der Waals surface area contributed by atoms with Crippen LogP contribution in [0.1, 0.15) is 25.5 Å². The third-order valence-corrected chi connectivity index (χ3v) is 3.41. The van der Waals surface area contributed by atoms with Crippen molar-refractivity contribution in [2.45, 2.75) is 26.3 Å². The van der Waals surface area contributed by atoms with Gasteiger partial charge in [-0.1, -0.05) is 13.0 Å². The smallest absolute Gasteiger partial charge is 0.106 e. The fourth-order valence-corrected chi connectivity index (χ4v) is 2.19. The van der Waals surface area contributed by atoms with Crippen LogP contribution >= 0.6 is 15.9 Å². The summed E-state index contributed by atoms with van der Waals surface area (Å²) >= 11 is 3.38. The molecule has 3 heteroatoms. The number of halogens is 1. The molecular weight excluding hydrogens is 252 g/mol. The summed E-state index contributed by atoms with van der Waals surface area (Å²) in [5, 5.41) is 3.47. The zero-order valence-corrected chi connectivity index (χ0v) is 10.6. The molecule has 0 saturated heterocycles. The molecule has 1 fully saturated rings. The van der Waals surface area contributed by atoms with Gasteiger partial charge in [0, 0.05) is 6.54 Å². The average Bonchev–Trinajstić information content (AvgIpc) is 3.00. The van der Waals surface area contributed by atoms with Gasteiger partial charge in [0.25, 0.3) is 0 Å². The zero-order valence-electron chi connectivity index (χ0n) is 9.04. The first kappa shape index (κ1) is 11.1. The Hall–Kier alpha value is -0.410. The molecule has 15 heavy (non-hydrogen) atoms. The van der Waals surface area contributed by atoms with E-state index >= 15 is 0 Å². The molecule has 1 unspecified atom stereocenters. The van der Waals surface area contributed by atoms with Gasteiger partial charge in [-0.3, -0.25) is 0 Å². The molecule has 1 aromatic heterocycles. The van der Waals surface area contributed by atoms with E-state index in [2.05, 4.69) is 39.2 Å². The van der Waals surface area contributed by atoms with Crippen molar-refractivity contribution >= 4 is 15.9 Å². The number of aromatic nitrogens is 1. The molecule has 0 amide bonds. The fourth-order valence-electron chi connectivity index (χ4n) is 1.81. The first-order valence-electron chi connectivity index (χ1n) is 5.58. The summed E-state index contributed by atoms with van der Waals surface area (Å²) in [6.07, 6.45) is 2.86. The van der Waals surface area contributed by atoms with E-state index in [0.717, 1.165) is 35.2 Å². The third kappa shape index (κ3) is 3.58. The van der Waals surface area contributed by atoms with Crippen molar-refractivity contribution in [1.82, 2.24) is 10.3 Å². The van der Waals surface area contributed by atoms with E-state index in [0.29, 0.717) is 0 Å². The largest absolute Gasteiger partial charge is 0.311 e. The Bertz CT molecular complexity index is 323. The van der Waals surface area contributed by atoms with Crippen LogP contribution in [0, 0.1) is 11.8 Å². The summed E-state index contributed by atoms with van der Waals surface area (Å²) in [6.45, 7) is 4.31. The van der Waals surface area contributed by atoms with Crippen molar-refractivity contribution in [1.29, 1.82) is 0 Å². The van der Waals surface area contributed by atoms with E-state index in [1.807, 2.05) is 12.1 Å². The Morgan fingerprint density at radius 2 is 2.33 bits per heavy atom. The lowest BCUT2D eigenvalue weighted by Gasteiger charge is -2.10. The minimum atomic E-state index is 0.817. The molecule has 1 aromatic rings. The summed E-state index contributed by atoms with van der Waals surface area (Å²) in [6, 6.07) is 6.04. The maximum absolute atomic E-state index is 4.38. The highest BCUT2D eigenvalue weighted by atomic mass is 79.9.